The first-order valence-electron chi connectivity index (χ1n) is 8.91. The van der Waals surface area contributed by atoms with E-state index in [0.717, 1.165) is 12.8 Å². The number of sulfonamides is 1. The highest BCUT2D eigenvalue weighted by molar-refractivity contribution is 7.90. The molecule has 1 unspecified atom stereocenters. The van der Waals surface area contributed by atoms with Crippen molar-refractivity contribution < 1.29 is 36.2 Å². The van der Waals surface area contributed by atoms with Gasteiger partial charge < -0.3 is 15.2 Å². The van der Waals surface area contributed by atoms with Gasteiger partial charge in [0.1, 0.15) is 11.9 Å². The monoisotopic (exact) mass is 440 g/mol. The largest absolute Gasteiger partial charge is 0.490 e. The van der Waals surface area contributed by atoms with Crippen molar-refractivity contribution in [2.75, 3.05) is 25.1 Å². The van der Waals surface area contributed by atoms with Gasteiger partial charge in [-0.15, -0.1) is 0 Å². The summed E-state index contributed by atoms with van der Waals surface area (Å²) in [5.41, 5.74) is 0. The van der Waals surface area contributed by atoms with Crippen LogP contribution in [0.4, 0.5) is 19.0 Å². The van der Waals surface area contributed by atoms with Crippen LogP contribution in [0, 0.1) is 0 Å². The van der Waals surface area contributed by atoms with Gasteiger partial charge in [0.15, 0.2) is 5.82 Å². The molecular weight excluding hydrogens is 417 g/mol. The first-order valence-corrected chi connectivity index (χ1v) is 10.4. The molecule has 1 aliphatic heterocycles. The van der Waals surface area contributed by atoms with Crippen LogP contribution in [0.2, 0.25) is 0 Å². The number of alkyl halides is 3. The smallest absolute Gasteiger partial charge is 0.475 e. The van der Waals surface area contributed by atoms with Gasteiger partial charge in [-0.2, -0.15) is 17.5 Å². The first kappa shape index (κ1) is 23.3. The maximum atomic E-state index is 12.6. The van der Waals surface area contributed by atoms with Crippen molar-refractivity contribution in [2.45, 2.75) is 50.2 Å². The van der Waals surface area contributed by atoms with Crippen LogP contribution < -0.4 is 5.32 Å². The fourth-order valence-corrected chi connectivity index (χ4v) is 4.52. The zero-order valence-corrected chi connectivity index (χ0v) is 16.7. The van der Waals surface area contributed by atoms with Crippen molar-refractivity contribution in [3.63, 3.8) is 0 Å². The summed E-state index contributed by atoms with van der Waals surface area (Å²) in [5, 5.41) is 10.1. The van der Waals surface area contributed by atoms with Crippen molar-refractivity contribution >= 4 is 21.8 Å². The summed E-state index contributed by atoms with van der Waals surface area (Å²) < 4.78 is 63.9. The third-order valence-electron chi connectivity index (χ3n) is 4.00. The standard InChI is InChI=1S/C14H22N4O3S.C2HF3O2/c1-10(2)16-13-5-6-15-14(17-13)12-9-21-8-7-18(12)22(19,20)11-3-4-11;3-2(4,5)1(6)7/h5-6,10-12H,3-4,7-9H2,1-2H3,(H,15,16,17);(H,6,7). The van der Waals surface area contributed by atoms with Gasteiger partial charge in [-0.3, -0.25) is 0 Å². The van der Waals surface area contributed by atoms with E-state index in [2.05, 4.69) is 15.3 Å². The average Bonchev–Trinajstić information content (AvgIpc) is 3.47. The van der Waals surface area contributed by atoms with Crippen molar-refractivity contribution in [3.05, 3.63) is 18.1 Å². The van der Waals surface area contributed by atoms with E-state index in [9.17, 15) is 21.6 Å². The van der Waals surface area contributed by atoms with E-state index in [1.807, 2.05) is 13.8 Å². The maximum Gasteiger partial charge on any atom is 0.490 e. The molecule has 13 heteroatoms. The van der Waals surface area contributed by atoms with Gasteiger partial charge in [-0.05, 0) is 32.8 Å². The molecule has 0 radical (unpaired) electrons. The molecule has 1 aliphatic carbocycles. The minimum Gasteiger partial charge on any atom is -0.475 e. The number of aromatic nitrogens is 2. The molecule has 1 atom stereocenters. The Morgan fingerprint density at radius 3 is 2.52 bits per heavy atom. The number of rotatable bonds is 5. The molecule has 164 valence electrons. The van der Waals surface area contributed by atoms with Crippen LogP contribution in [0.1, 0.15) is 38.6 Å². The van der Waals surface area contributed by atoms with E-state index >= 15 is 0 Å². The zero-order chi connectivity index (χ0) is 21.8. The molecule has 1 saturated heterocycles. The molecule has 0 aromatic carbocycles. The number of ether oxygens (including phenoxy) is 1. The summed E-state index contributed by atoms with van der Waals surface area (Å²) in [5.74, 6) is -1.56. The Morgan fingerprint density at radius 2 is 2.00 bits per heavy atom. The number of carboxylic acid groups (broad SMARTS) is 1. The van der Waals surface area contributed by atoms with Crippen molar-refractivity contribution in [2.24, 2.45) is 0 Å². The quantitative estimate of drug-likeness (QED) is 0.711. The van der Waals surface area contributed by atoms with Crippen LogP contribution in [-0.4, -0.2) is 71.0 Å². The Bertz CT molecular complexity index is 815. The lowest BCUT2D eigenvalue weighted by Crippen LogP contribution is -2.45. The lowest BCUT2D eigenvalue weighted by atomic mass is 10.2. The summed E-state index contributed by atoms with van der Waals surface area (Å²) >= 11 is 0. The van der Waals surface area contributed by atoms with Crippen LogP contribution in [0.5, 0.6) is 0 Å². The van der Waals surface area contributed by atoms with Crippen molar-refractivity contribution in [1.82, 2.24) is 14.3 Å². The minimum absolute atomic E-state index is 0.231. The highest BCUT2D eigenvalue weighted by atomic mass is 32.2. The number of halogens is 3. The van der Waals surface area contributed by atoms with Gasteiger partial charge in [0.05, 0.1) is 18.5 Å². The Kier molecular flexibility index (Phi) is 7.40. The maximum absolute atomic E-state index is 12.6. The molecule has 1 aromatic heterocycles. The summed E-state index contributed by atoms with van der Waals surface area (Å²) in [7, 11) is -3.27. The van der Waals surface area contributed by atoms with Gasteiger partial charge in [-0.1, -0.05) is 0 Å². The number of morpholine rings is 1. The lowest BCUT2D eigenvalue weighted by Gasteiger charge is -2.33. The molecule has 9 nitrogen and oxygen atoms in total. The lowest BCUT2D eigenvalue weighted by molar-refractivity contribution is -0.192. The van der Waals surface area contributed by atoms with E-state index in [-0.39, 0.29) is 11.3 Å². The number of nitrogens with zero attached hydrogens (tertiary/aromatic N) is 3. The first-order chi connectivity index (χ1) is 13.4. The van der Waals surface area contributed by atoms with Gasteiger partial charge in [-0.25, -0.2) is 23.2 Å². The molecule has 1 aromatic rings. The molecule has 0 bridgehead atoms. The van der Waals surface area contributed by atoms with E-state index in [1.165, 1.54) is 4.31 Å². The molecule has 0 amide bonds. The zero-order valence-electron chi connectivity index (χ0n) is 15.9. The number of hydrogen-bond acceptors (Lipinski definition) is 7. The summed E-state index contributed by atoms with van der Waals surface area (Å²) in [6, 6.07) is 1.59. The predicted molar refractivity (Wildman–Crippen MR) is 96.7 cm³/mol. The molecule has 1 saturated carbocycles. The van der Waals surface area contributed by atoms with Crippen molar-refractivity contribution in [3.8, 4) is 0 Å². The Hall–Kier alpha value is -1.99. The van der Waals surface area contributed by atoms with E-state index < -0.39 is 28.2 Å². The molecular formula is C16H23F3N4O5S. The number of anilines is 1. The van der Waals surface area contributed by atoms with E-state index in [1.54, 1.807) is 12.3 Å². The number of carboxylic acids is 1. The normalized spacial score (nSPS) is 20.7. The van der Waals surface area contributed by atoms with Crippen LogP contribution in [0.3, 0.4) is 0 Å². The third kappa shape index (κ3) is 6.51. The van der Waals surface area contributed by atoms with Crippen LogP contribution >= 0.6 is 0 Å². The Morgan fingerprint density at radius 1 is 1.38 bits per heavy atom. The van der Waals surface area contributed by atoms with Gasteiger partial charge in [0.2, 0.25) is 10.0 Å². The van der Waals surface area contributed by atoms with Crippen LogP contribution in [0.15, 0.2) is 12.3 Å². The SMILES string of the molecule is CC(C)Nc1ccnc(C2COCCN2S(=O)(=O)C2CC2)n1.O=C(O)C(F)(F)F. The molecule has 3 rings (SSSR count). The van der Waals surface area contributed by atoms with E-state index in [4.69, 9.17) is 14.6 Å². The second-order valence-corrected chi connectivity index (χ2v) is 9.01. The Labute approximate surface area is 166 Å². The second kappa shape index (κ2) is 9.22. The topological polar surface area (TPSA) is 122 Å². The average molecular weight is 440 g/mol. The fourth-order valence-electron chi connectivity index (χ4n) is 2.56. The Balaban J connectivity index is 0.000000370. The fraction of sp³-hybridized carbons (Fsp3) is 0.688. The van der Waals surface area contributed by atoms with Crippen LogP contribution in [-0.2, 0) is 19.6 Å². The number of carbonyl (C=O) groups is 1. The van der Waals surface area contributed by atoms with Crippen LogP contribution in [0.25, 0.3) is 0 Å². The van der Waals surface area contributed by atoms with Crippen molar-refractivity contribution in [1.29, 1.82) is 0 Å². The second-order valence-electron chi connectivity index (χ2n) is 6.85. The van der Waals surface area contributed by atoms with Gasteiger partial charge in [0.25, 0.3) is 0 Å². The molecule has 2 N–H and O–H groups in total. The molecule has 2 aliphatic rings. The minimum atomic E-state index is -5.08. The van der Waals surface area contributed by atoms with E-state index in [0.29, 0.717) is 31.4 Å². The number of nitrogens with one attached hydrogen (secondary N) is 1. The summed E-state index contributed by atoms with van der Waals surface area (Å²) in [6.45, 7) is 5.14. The van der Waals surface area contributed by atoms with Gasteiger partial charge >= 0.3 is 12.1 Å². The number of hydrogen-bond donors (Lipinski definition) is 2. The predicted octanol–water partition coefficient (Wildman–Crippen LogP) is 1.80. The molecule has 29 heavy (non-hydrogen) atoms. The third-order valence-corrected chi connectivity index (χ3v) is 6.41. The highest BCUT2D eigenvalue weighted by Gasteiger charge is 2.45. The summed E-state index contributed by atoms with van der Waals surface area (Å²) in [6.07, 6.45) is -1.92. The van der Waals surface area contributed by atoms with Gasteiger partial charge in [0, 0.05) is 18.8 Å². The highest BCUT2D eigenvalue weighted by Crippen LogP contribution is 2.36. The summed E-state index contributed by atoms with van der Waals surface area (Å²) in [4.78, 5) is 17.6. The number of aliphatic carboxylic acids is 1. The molecule has 0 spiro atoms. The molecule has 2 heterocycles. The molecule has 2 fully saturated rings.